The summed E-state index contributed by atoms with van der Waals surface area (Å²) >= 11 is 0. The van der Waals surface area contributed by atoms with Gasteiger partial charge in [0.2, 0.25) is 5.91 Å². The molecule has 1 aliphatic heterocycles. The van der Waals surface area contributed by atoms with Gasteiger partial charge >= 0.3 is 0 Å². The fourth-order valence-corrected chi connectivity index (χ4v) is 3.50. The van der Waals surface area contributed by atoms with Crippen LogP contribution in [-0.2, 0) is 19.2 Å². The summed E-state index contributed by atoms with van der Waals surface area (Å²) in [6, 6.07) is 7.68. The lowest BCUT2D eigenvalue weighted by molar-refractivity contribution is -0.438. The van der Waals surface area contributed by atoms with Crippen LogP contribution in [0.25, 0.3) is 0 Å². The number of ether oxygens (including phenoxy) is 1. The Hall–Kier alpha value is -4.65. The highest BCUT2D eigenvalue weighted by Gasteiger charge is 2.43. The SMILES string of the molecule is [NH3+][C@H](CCOc1ccc(/C(=N\O)C(=O)N[C@H]2CN([C@@H](C(=O)[O-])c3ccc(O)cc3)C2=O)cc1)C(=O)[O-]. The van der Waals surface area contributed by atoms with Gasteiger partial charge in [0.1, 0.15) is 23.6 Å². The molecule has 36 heavy (non-hydrogen) atoms. The number of carboxylic acids is 2. The summed E-state index contributed by atoms with van der Waals surface area (Å²) in [6.45, 7) is -0.0606. The molecule has 1 aliphatic rings. The van der Waals surface area contributed by atoms with Gasteiger partial charge in [0.05, 0.1) is 31.1 Å². The van der Waals surface area contributed by atoms with Crippen LogP contribution < -0.4 is 26.0 Å². The molecule has 2 aromatic carbocycles. The van der Waals surface area contributed by atoms with E-state index in [1.54, 1.807) is 0 Å². The molecular formula is C23H23N4O9-. The molecule has 0 bridgehead atoms. The van der Waals surface area contributed by atoms with Crippen molar-refractivity contribution in [1.29, 1.82) is 0 Å². The van der Waals surface area contributed by atoms with Crippen molar-refractivity contribution in [2.24, 2.45) is 5.16 Å². The van der Waals surface area contributed by atoms with Crippen LogP contribution >= 0.6 is 0 Å². The zero-order valence-corrected chi connectivity index (χ0v) is 18.8. The van der Waals surface area contributed by atoms with Crippen molar-refractivity contribution in [3.63, 3.8) is 0 Å². The van der Waals surface area contributed by atoms with Crippen molar-refractivity contribution in [2.45, 2.75) is 24.5 Å². The van der Waals surface area contributed by atoms with Crippen LogP contribution in [0.2, 0.25) is 0 Å². The molecule has 2 aromatic rings. The van der Waals surface area contributed by atoms with Gasteiger partial charge < -0.3 is 50.8 Å². The maximum atomic E-state index is 12.6. The van der Waals surface area contributed by atoms with Crippen LogP contribution in [-0.4, -0.2) is 69.9 Å². The summed E-state index contributed by atoms with van der Waals surface area (Å²) in [5.41, 5.74) is 3.45. The van der Waals surface area contributed by atoms with E-state index in [2.05, 4.69) is 16.2 Å². The number of amides is 2. The number of nitrogens with zero attached hydrogens (tertiary/aromatic N) is 2. The maximum Gasteiger partial charge on any atom is 0.274 e. The molecule has 0 aromatic heterocycles. The van der Waals surface area contributed by atoms with Crippen LogP contribution in [0, 0.1) is 0 Å². The highest BCUT2D eigenvalue weighted by molar-refractivity contribution is 6.45. The minimum Gasteiger partial charge on any atom is -0.548 e. The Labute approximate surface area is 204 Å². The first-order valence-electron chi connectivity index (χ1n) is 10.7. The van der Waals surface area contributed by atoms with Crippen LogP contribution in [0.5, 0.6) is 11.5 Å². The minimum atomic E-state index is -1.52. The number of phenolic OH excluding ortho intramolecular Hbond substituents is 1. The summed E-state index contributed by atoms with van der Waals surface area (Å²) in [5.74, 6) is -4.06. The van der Waals surface area contributed by atoms with Gasteiger partial charge in [-0.1, -0.05) is 17.3 Å². The number of β-lactam (4-membered cyclic amide) rings is 1. The van der Waals surface area contributed by atoms with Crippen LogP contribution in [0.15, 0.2) is 53.7 Å². The number of carbonyl (C=O) groups is 4. The average Bonchev–Trinajstić information content (AvgIpc) is 2.85. The van der Waals surface area contributed by atoms with Crippen LogP contribution in [0.3, 0.4) is 0 Å². The third-order valence-electron chi connectivity index (χ3n) is 5.52. The van der Waals surface area contributed by atoms with Gasteiger partial charge in [0.15, 0.2) is 5.71 Å². The second-order valence-electron chi connectivity index (χ2n) is 7.96. The summed E-state index contributed by atoms with van der Waals surface area (Å²) < 4.78 is 5.41. The highest BCUT2D eigenvalue weighted by atomic mass is 16.5. The molecule has 13 heteroatoms. The molecule has 0 unspecified atom stereocenters. The van der Waals surface area contributed by atoms with E-state index in [1.807, 2.05) is 0 Å². The van der Waals surface area contributed by atoms with Crippen LogP contribution in [0.1, 0.15) is 23.6 Å². The fraction of sp³-hybridized carbons (Fsp3) is 0.261. The Kier molecular flexibility index (Phi) is 8.07. The Morgan fingerprint density at radius 3 is 2.28 bits per heavy atom. The summed E-state index contributed by atoms with van der Waals surface area (Å²) in [4.78, 5) is 48.5. The van der Waals surface area contributed by atoms with E-state index >= 15 is 0 Å². The number of phenols is 1. The van der Waals surface area contributed by atoms with Gasteiger partial charge in [0, 0.05) is 12.0 Å². The lowest BCUT2D eigenvalue weighted by Gasteiger charge is -2.44. The number of aromatic hydroxyl groups is 1. The molecule has 6 N–H and O–H groups in total. The Morgan fingerprint density at radius 2 is 1.75 bits per heavy atom. The van der Waals surface area contributed by atoms with Crippen molar-refractivity contribution in [1.82, 2.24) is 10.2 Å². The molecule has 3 rings (SSSR count). The average molecular weight is 499 g/mol. The Morgan fingerprint density at radius 1 is 1.11 bits per heavy atom. The van der Waals surface area contributed by atoms with E-state index in [9.17, 15) is 39.7 Å². The lowest BCUT2D eigenvalue weighted by atomic mass is 9.97. The first-order valence-corrected chi connectivity index (χ1v) is 10.7. The third kappa shape index (κ3) is 5.88. The molecule has 13 nitrogen and oxygen atoms in total. The van der Waals surface area contributed by atoms with Crippen molar-refractivity contribution in [2.75, 3.05) is 13.2 Å². The number of quaternary nitrogens is 1. The molecule has 0 spiro atoms. The molecule has 1 saturated heterocycles. The van der Waals surface area contributed by atoms with Crippen molar-refractivity contribution in [3.8, 4) is 11.5 Å². The molecule has 190 valence electrons. The van der Waals surface area contributed by atoms with Gasteiger partial charge in [-0.05, 0) is 42.0 Å². The number of hydrogen-bond acceptors (Lipinski definition) is 10. The van der Waals surface area contributed by atoms with E-state index in [1.165, 1.54) is 48.5 Å². The zero-order valence-electron chi connectivity index (χ0n) is 18.8. The lowest BCUT2D eigenvalue weighted by Crippen LogP contribution is -2.68. The normalized spacial score (nSPS) is 17.0. The topological polar surface area (TPSA) is 219 Å². The summed E-state index contributed by atoms with van der Waals surface area (Å²) in [5, 5.41) is 46.4. The predicted octanol–water partition coefficient (Wildman–Crippen LogP) is -3.48. The maximum absolute atomic E-state index is 12.6. The number of likely N-dealkylation sites (tertiary alicyclic amines) is 1. The van der Waals surface area contributed by atoms with E-state index < -0.39 is 47.6 Å². The standard InChI is InChI=1S/C23H24N4O9/c24-16(22(31)32)9-10-36-15-7-3-12(4-8-15)18(26-35)20(29)25-17-11-27(21(17)30)19(23(33)34)13-1-5-14(28)6-2-13/h1-8,16-17,19,28,35H,9-11,24H2,(H,25,29)(H,31,32)(H,33,34)/p-1/b26-18+/t16-,17+,19-/m1/s1. The zero-order chi connectivity index (χ0) is 26.4. The molecule has 3 atom stereocenters. The van der Waals surface area contributed by atoms with Crippen molar-refractivity contribution >= 4 is 29.5 Å². The molecule has 1 fully saturated rings. The first kappa shape index (κ1) is 26.0. The Balaban J connectivity index is 1.59. The summed E-state index contributed by atoms with van der Waals surface area (Å²) in [6.07, 6.45) is 0.133. The molecular weight excluding hydrogens is 476 g/mol. The molecule has 0 radical (unpaired) electrons. The number of hydrogen-bond donors (Lipinski definition) is 4. The number of nitrogens with one attached hydrogen (secondary N) is 1. The van der Waals surface area contributed by atoms with E-state index in [0.29, 0.717) is 5.75 Å². The first-order chi connectivity index (χ1) is 17.1. The van der Waals surface area contributed by atoms with Crippen LogP contribution in [0.4, 0.5) is 0 Å². The van der Waals surface area contributed by atoms with Gasteiger partial charge in [-0.25, -0.2) is 0 Å². The molecule has 2 amide bonds. The number of rotatable bonds is 11. The number of benzene rings is 2. The molecule has 1 heterocycles. The number of carboxylic acid groups (broad SMARTS) is 2. The smallest absolute Gasteiger partial charge is 0.274 e. The van der Waals surface area contributed by atoms with E-state index in [-0.39, 0.29) is 36.4 Å². The van der Waals surface area contributed by atoms with E-state index in [4.69, 9.17) is 4.74 Å². The second-order valence-corrected chi connectivity index (χ2v) is 7.96. The second kappa shape index (κ2) is 11.2. The Bertz CT molecular complexity index is 1170. The minimum absolute atomic E-state index is 0.0697. The number of carbonyl (C=O) groups excluding carboxylic acids is 4. The predicted molar refractivity (Wildman–Crippen MR) is 116 cm³/mol. The number of aliphatic carboxylic acids is 2. The quantitative estimate of drug-likeness (QED) is 0.104. The van der Waals surface area contributed by atoms with E-state index in [0.717, 1.165) is 4.90 Å². The fourth-order valence-electron chi connectivity index (χ4n) is 3.50. The molecule has 0 saturated carbocycles. The largest absolute Gasteiger partial charge is 0.548 e. The highest BCUT2D eigenvalue weighted by Crippen LogP contribution is 2.28. The van der Waals surface area contributed by atoms with Gasteiger partial charge in [-0.2, -0.15) is 0 Å². The van der Waals surface area contributed by atoms with Gasteiger partial charge in [0.25, 0.3) is 5.91 Å². The van der Waals surface area contributed by atoms with Gasteiger partial charge in [-0.15, -0.1) is 0 Å². The van der Waals surface area contributed by atoms with Gasteiger partial charge in [-0.3, -0.25) is 9.59 Å². The van der Waals surface area contributed by atoms with Crippen molar-refractivity contribution in [3.05, 3.63) is 59.7 Å². The summed E-state index contributed by atoms with van der Waals surface area (Å²) in [7, 11) is 0. The third-order valence-corrected chi connectivity index (χ3v) is 5.52. The number of oxime groups is 1. The van der Waals surface area contributed by atoms with Crippen molar-refractivity contribution < 1.29 is 50.2 Å². The molecule has 0 aliphatic carbocycles. The monoisotopic (exact) mass is 499 g/mol.